The summed E-state index contributed by atoms with van der Waals surface area (Å²) in [6.45, 7) is 5.84. The van der Waals surface area contributed by atoms with Crippen LogP contribution in [0.2, 0.25) is 0 Å². The zero-order chi connectivity index (χ0) is 23.0. The maximum absolute atomic E-state index is 13.4. The van der Waals surface area contributed by atoms with Crippen LogP contribution < -0.4 is 10.5 Å². The number of hydrogen-bond acceptors (Lipinski definition) is 5. The molecule has 1 amide bonds. The van der Waals surface area contributed by atoms with Gasteiger partial charge in [0.15, 0.2) is 12.4 Å². The third-order valence-corrected chi connectivity index (χ3v) is 6.97. The zero-order valence-electron chi connectivity index (χ0n) is 19.7. The first-order valence-electron chi connectivity index (χ1n) is 12.3. The number of nitrogens with zero attached hydrogens (tertiary/aromatic N) is 2. The second kappa shape index (κ2) is 11.5. The van der Waals surface area contributed by atoms with Crippen LogP contribution in [0, 0.1) is 11.8 Å². The average Bonchev–Trinajstić information content (AvgIpc) is 3.37. The largest absolute Gasteiger partial charge is 0.484 e. The summed E-state index contributed by atoms with van der Waals surface area (Å²) in [4.78, 5) is 32.5. The maximum Gasteiger partial charge on any atom is 0.260 e. The molecule has 0 aromatic heterocycles. The Morgan fingerprint density at radius 3 is 2.50 bits per heavy atom. The van der Waals surface area contributed by atoms with Crippen LogP contribution in [0.25, 0.3) is 0 Å². The molecule has 3 rings (SSSR count). The number of amidine groups is 1. The first-order chi connectivity index (χ1) is 15.5. The van der Waals surface area contributed by atoms with Gasteiger partial charge in [0.2, 0.25) is 0 Å². The van der Waals surface area contributed by atoms with Gasteiger partial charge in [-0.25, -0.2) is 0 Å². The number of benzene rings is 1. The summed E-state index contributed by atoms with van der Waals surface area (Å²) in [6.07, 6.45) is 8.34. The molecule has 2 aliphatic rings. The second-order valence-corrected chi connectivity index (χ2v) is 9.37. The Labute approximate surface area is 192 Å². The van der Waals surface area contributed by atoms with Gasteiger partial charge in [-0.3, -0.25) is 14.6 Å². The summed E-state index contributed by atoms with van der Waals surface area (Å²) < 4.78 is 5.60. The normalized spacial score (nSPS) is 22.2. The summed E-state index contributed by atoms with van der Waals surface area (Å²) in [5.41, 5.74) is 5.70. The molecule has 0 spiro atoms. The molecule has 2 unspecified atom stereocenters. The number of unbranched alkanes of at least 4 members (excludes halogenated alkanes) is 2. The molecular formula is C26H39N3O3. The second-order valence-electron chi connectivity index (χ2n) is 9.37. The van der Waals surface area contributed by atoms with Crippen molar-refractivity contribution >= 4 is 17.5 Å². The number of aliphatic imine (C=N–C) groups is 1. The minimum atomic E-state index is -0.590. The number of likely N-dealkylation sites (tertiary alicyclic amines) is 1. The average molecular weight is 442 g/mol. The van der Waals surface area contributed by atoms with Crippen molar-refractivity contribution in [3.63, 3.8) is 0 Å². The number of carbonyl (C=O) groups is 2. The predicted octanol–water partition coefficient (Wildman–Crippen LogP) is 4.37. The number of nitrogens with two attached hydrogens (primary N) is 1. The van der Waals surface area contributed by atoms with Gasteiger partial charge in [-0.2, -0.15) is 0 Å². The highest BCUT2D eigenvalue weighted by Gasteiger charge is 2.47. The molecule has 1 fully saturated rings. The van der Waals surface area contributed by atoms with E-state index in [9.17, 15) is 9.59 Å². The number of ketones is 1. The van der Waals surface area contributed by atoms with Gasteiger partial charge in [-0.15, -0.1) is 0 Å². The lowest BCUT2D eigenvalue weighted by atomic mass is 9.79. The minimum absolute atomic E-state index is 0.0209. The Morgan fingerprint density at radius 1 is 1.16 bits per heavy atom. The van der Waals surface area contributed by atoms with E-state index in [2.05, 4.69) is 13.8 Å². The van der Waals surface area contributed by atoms with Crippen LogP contribution in [0.5, 0.6) is 5.75 Å². The molecule has 1 saturated heterocycles. The van der Waals surface area contributed by atoms with Gasteiger partial charge in [0, 0.05) is 13.1 Å². The van der Waals surface area contributed by atoms with Crippen molar-refractivity contribution in [3.8, 4) is 5.75 Å². The number of para-hydroxylation sites is 1. The fraction of sp³-hybridized carbons (Fsp3) is 0.654. The fourth-order valence-corrected chi connectivity index (χ4v) is 4.99. The topological polar surface area (TPSA) is 85.0 Å². The molecule has 0 saturated carbocycles. The van der Waals surface area contributed by atoms with Gasteiger partial charge < -0.3 is 15.4 Å². The molecule has 0 bridgehead atoms. The van der Waals surface area contributed by atoms with Crippen LogP contribution in [0.4, 0.5) is 0 Å². The molecule has 2 atom stereocenters. The Hall–Kier alpha value is -2.37. The number of hydrogen-bond donors (Lipinski definition) is 1. The third-order valence-electron chi connectivity index (χ3n) is 6.97. The van der Waals surface area contributed by atoms with Gasteiger partial charge in [0.1, 0.15) is 17.1 Å². The summed E-state index contributed by atoms with van der Waals surface area (Å²) in [7, 11) is 0. The highest BCUT2D eigenvalue weighted by Crippen LogP contribution is 2.37. The van der Waals surface area contributed by atoms with E-state index >= 15 is 0 Å². The molecule has 6 nitrogen and oxygen atoms in total. The van der Waals surface area contributed by atoms with Crippen LogP contribution in [0.1, 0.15) is 71.6 Å². The van der Waals surface area contributed by atoms with Gasteiger partial charge in [-0.05, 0) is 50.2 Å². The molecule has 32 heavy (non-hydrogen) atoms. The number of rotatable bonds is 12. The molecular weight excluding hydrogens is 402 g/mol. The molecule has 0 radical (unpaired) electrons. The Balaban J connectivity index is 1.48. The quantitative estimate of drug-likeness (QED) is 0.522. The Kier molecular flexibility index (Phi) is 8.71. The van der Waals surface area contributed by atoms with Crippen LogP contribution >= 0.6 is 0 Å². The Bertz CT molecular complexity index is 785. The molecule has 2 N–H and O–H groups in total. The molecule has 0 aliphatic carbocycles. The lowest BCUT2D eigenvalue weighted by molar-refractivity contribution is -0.132. The molecule has 1 aromatic rings. The predicted molar refractivity (Wildman–Crippen MR) is 128 cm³/mol. The van der Waals surface area contributed by atoms with Crippen molar-refractivity contribution in [1.29, 1.82) is 0 Å². The SMILES string of the molecule is CCCCC1(CCCC)N=C(N)C(CCC2CCN(C(=O)COc3ccccc3)C2)C1=O. The van der Waals surface area contributed by atoms with Gasteiger partial charge in [-0.1, -0.05) is 57.7 Å². The molecule has 176 valence electrons. The molecule has 2 heterocycles. The maximum atomic E-state index is 13.4. The van der Waals surface area contributed by atoms with Crippen LogP contribution in [-0.2, 0) is 9.59 Å². The lowest BCUT2D eigenvalue weighted by Gasteiger charge is -2.25. The van der Waals surface area contributed by atoms with Gasteiger partial charge >= 0.3 is 0 Å². The number of Topliss-reactive ketones (excluding diaryl/α,β-unsaturated/α-hetero) is 1. The lowest BCUT2D eigenvalue weighted by Crippen LogP contribution is -2.37. The zero-order valence-corrected chi connectivity index (χ0v) is 19.7. The first kappa shape index (κ1) is 24.3. The fourth-order valence-electron chi connectivity index (χ4n) is 4.99. The standard InChI is InChI=1S/C26H39N3O3/c1-3-5-15-26(16-6-4-2)24(31)22(25(27)28-26)13-12-20-14-17-29(18-20)23(30)19-32-21-10-8-7-9-11-21/h7-11,20,22H,3-6,12-19H2,1-2H3,(H2,27,28). The number of ether oxygens (including phenoxy) is 1. The van der Waals surface area contributed by atoms with Crippen LogP contribution in [0.3, 0.4) is 0 Å². The van der Waals surface area contributed by atoms with Gasteiger partial charge in [0.25, 0.3) is 5.91 Å². The van der Waals surface area contributed by atoms with Crippen molar-refractivity contribution < 1.29 is 14.3 Å². The third kappa shape index (κ3) is 5.90. The Morgan fingerprint density at radius 2 is 1.84 bits per heavy atom. The molecule has 6 heteroatoms. The van der Waals surface area contributed by atoms with E-state index in [0.29, 0.717) is 17.5 Å². The van der Waals surface area contributed by atoms with Crippen molar-refractivity contribution in [3.05, 3.63) is 30.3 Å². The van der Waals surface area contributed by atoms with E-state index in [0.717, 1.165) is 70.9 Å². The van der Waals surface area contributed by atoms with Gasteiger partial charge in [0.05, 0.1) is 5.92 Å². The van der Waals surface area contributed by atoms with Crippen molar-refractivity contribution in [2.45, 2.75) is 77.2 Å². The number of carbonyl (C=O) groups excluding carboxylic acids is 2. The summed E-state index contributed by atoms with van der Waals surface area (Å²) in [5.74, 6) is 1.64. The smallest absolute Gasteiger partial charge is 0.260 e. The van der Waals surface area contributed by atoms with Crippen LogP contribution in [0.15, 0.2) is 35.3 Å². The van der Waals surface area contributed by atoms with Crippen molar-refractivity contribution in [2.75, 3.05) is 19.7 Å². The number of amides is 1. The molecule has 1 aromatic carbocycles. The monoisotopic (exact) mass is 441 g/mol. The highest BCUT2D eigenvalue weighted by molar-refractivity contribution is 6.12. The van der Waals surface area contributed by atoms with E-state index in [4.69, 9.17) is 15.5 Å². The van der Waals surface area contributed by atoms with Crippen molar-refractivity contribution in [1.82, 2.24) is 4.90 Å². The van der Waals surface area contributed by atoms with E-state index < -0.39 is 5.54 Å². The van der Waals surface area contributed by atoms with Crippen LogP contribution in [-0.4, -0.2) is 47.7 Å². The first-order valence-corrected chi connectivity index (χ1v) is 12.3. The summed E-state index contributed by atoms with van der Waals surface area (Å²) in [6, 6.07) is 9.41. The van der Waals surface area contributed by atoms with E-state index in [1.807, 2.05) is 35.2 Å². The summed E-state index contributed by atoms with van der Waals surface area (Å²) in [5, 5.41) is 0. The van der Waals surface area contributed by atoms with E-state index in [-0.39, 0.29) is 24.2 Å². The highest BCUT2D eigenvalue weighted by atomic mass is 16.5. The molecule has 2 aliphatic heterocycles. The minimum Gasteiger partial charge on any atom is -0.484 e. The van der Waals surface area contributed by atoms with E-state index in [1.54, 1.807) is 0 Å². The summed E-state index contributed by atoms with van der Waals surface area (Å²) >= 11 is 0. The van der Waals surface area contributed by atoms with E-state index in [1.165, 1.54) is 0 Å². The van der Waals surface area contributed by atoms with Crippen molar-refractivity contribution in [2.24, 2.45) is 22.6 Å².